The normalized spacial score (nSPS) is 13.3. The van der Waals surface area contributed by atoms with Gasteiger partial charge in [0, 0.05) is 5.54 Å². The maximum absolute atomic E-state index is 11.4. The first-order valence-corrected chi connectivity index (χ1v) is 5.10. The van der Waals surface area contributed by atoms with Gasteiger partial charge in [-0.2, -0.15) is 0 Å². The van der Waals surface area contributed by atoms with E-state index in [9.17, 15) is 9.59 Å². The fourth-order valence-electron chi connectivity index (χ4n) is 1.12. The number of amides is 2. The van der Waals surface area contributed by atoms with Gasteiger partial charge in [0.25, 0.3) is 0 Å². The van der Waals surface area contributed by atoms with Crippen LogP contribution in [0.15, 0.2) is 0 Å². The van der Waals surface area contributed by atoms with Crippen molar-refractivity contribution in [3.63, 3.8) is 0 Å². The molecular weight excluding hydrogens is 194 g/mol. The molecule has 2 amide bonds. The lowest BCUT2D eigenvalue weighted by Gasteiger charge is -2.21. The summed E-state index contributed by atoms with van der Waals surface area (Å²) in [6.07, 6.45) is 0.581. The molecule has 0 aromatic heterocycles. The van der Waals surface area contributed by atoms with Crippen molar-refractivity contribution in [3.05, 3.63) is 0 Å². The second-order valence-electron chi connectivity index (χ2n) is 4.54. The third-order valence-corrected chi connectivity index (χ3v) is 1.78. The molecule has 0 aliphatic heterocycles. The van der Waals surface area contributed by atoms with Crippen LogP contribution in [0.3, 0.4) is 0 Å². The molecule has 88 valence electrons. The van der Waals surface area contributed by atoms with E-state index in [0.29, 0.717) is 6.42 Å². The van der Waals surface area contributed by atoms with Crippen LogP contribution in [-0.2, 0) is 9.59 Å². The van der Waals surface area contributed by atoms with E-state index in [1.807, 2.05) is 27.7 Å². The van der Waals surface area contributed by atoms with E-state index in [0.717, 1.165) is 0 Å². The summed E-state index contributed by atoms with van der Waals surface area (Å²) >= 11 is 0. The molecule has 0 heterocycles. The van der Waals surface area contributed by atoms with Gasteiger partial charge in [0.15, 0.2) is 0 Å². The van der Waals surface area contributed by atoms with Gasteiger partial charge in [0.2, 0.25) is 11.8 Å². The number of nitrogens with one attached hydrogen (secondary N) is 2. The third-order valence-electron chi connectivity index (χ3n) is 1.78. The third kappa shape index (κ3) is 6.90. The zero-order valence-electron chi connectivity index (χ0n) is 9.89. The first kappa shape index (κ1) is 13.9. The second kappa shape index (κ2) is 5.70. The van der Waals surface area contributed by atoms with Crippen LogP contribution in [-0.4, -0.2) is 29.9 Å². The molecule has 0 fully saturated rings. The zero-order valence-corrected chi connectivity index (χ0v) is 9.89. The SMILES string of the molecule is CCC(NCC(=O)NC(C)(C)C)C(N)=O. The Hall–Kier alpha value is -1.10. The summed E-state index contributed by atoms with van der Waals surface area (Å²) in [6.45, 7) is 7.64. The van der Waals surface area contributed by atoms with Gasteiger partial charge in [-0.3, -0.25) is 14.9 Å². The van der Waals surface area contributed by atoms with E-state index in [1.54, 1.807) is 0 Å². The molecule has 4 N–H and O–H groups in total. The Morgan fingerprint density at radius 1 is 1.33 bits per heavy atom. The fourth-order valence-corrected chi connectivity index (χ4v) is 1.12. The number of carbonyl (C=O) groups is 2. The summed E-state index contributed by atoms with van der Waals surface area (Å²) in [4.78, 5) is 22.2. The van der Waals surface area contributed by atoms with Gasteiger partial charge in [0.05, 0.1) is 12.6 Å². The van der Waals surface area contributed by atoms with Crippen molar-refractivity contribution in [2.75, 3.05) is 6.54 Å². The molecule has 0 rings (SSSR count). The number of rotatable bonds is 5. The number of carbonyl (C=O) groups excluding carboxylic acids is 2. The molecule has 5 nitrogen and oxygen atoms in total. The predicted molar refractivity (Wildman–Crippen MR) is 59.2 cm³/mol. The highest BCUT2D eigenvalue weighted by Gasteiger charge is 2.16. The standard InChI is InChI=1S/C10H21N3O2/c1-5-7(9(11)15)12-6-8(14)13-10(2,3)4/h7,12H,5-6H2,1-4H3,(H2,11,15)(H,13,14). The van der Waals surface area contributed by atoms with Crippen LogP contribution in [0.2, 0.25) is 0 Å². The van der Waals surface area contributed by atoms with E-state index in [2.05, 4.69) is 10.6 Å². The Labute approximate surface area is 90.8 Å². The first-order chi connectivity index (χ1) is 6.76. The molecule has 0 saturated heterocycles. The minimum absolute atomic E-state index is 0.110. The van der Waals surface area contributed by atoms with Crippen molar-refractivity contribution < 1.29 is 9.59 Å². The fraction of sp³-hybridized carbons (Fsp3) is 0.800. The van der Waals surface area contributed by atoms with Gasteiger partial charge in [0.1, 0.15) is 0 Å². The summed E-state index contributed by atoms with van der Waals surface area (Å²) in [5.74, 6) is -0.566. The maximum Gasteiger partial charge on any atom is 0.234 e. The first-order valence-electron chi connectivity index (χ1n) is 5.10. The van der Waals surface area contributed by atoms with Crippen LogP contribution < -0.4 is 16.4 Å². The number of primary amides is 1. The average Bonchev–Trinajstić information content (AvgIpc) is 2.01. The van der Waals surface area contributed by atoms with E-state index in [1.165, 1.54) is 0 Å². The highest BCUT2D eigenvalue weighted by atomic mass is 16.2. The molecule has 1 atom stereocenters. The summed E-state index contributed by atoms with van der Waals surface area (Å²) < 4.78 is 0. The van der Waals surface area contributed by atoms with Crippen LogP contribution in [0.1, 0.15) is 34.1 Å². The lowest BCUT2D eigenvalue weighted by Crippen LogP contribution is -2.49. The lowest BCUT2D eigenvalue weighted by atomic mass is 10.1. The molecule has 1 unspecified atom stereocenters. The van der Waals surface area contributed by atoms with Gasteiger partial charge >= 0.3 is 0 Å². The number of nitrogens with two attached hydrogens (primary N) is 1. The summed E-state index contributed by atoms with van der Waals surface area (Å²) in [5.41, 5.74) is 4.87. The van der Waals surface area contributed by atoms with E-state index < -0.39 is 11.9 Å². The van der Waals surface area contributed by atoms with Crippen LogP contribution in [0.25, 0.3) is 0 Å². The van der Waals surface area contributed by atoms with Gasteiger partial charge in [-0.05, 0) is 27.2 Å². The van der Waals surface area contributed by atoms with E-state index in [-0.39, 0.29) is 18.0 Å². The van der Waals surface area contributed by atoms with Crippen LogP contribution in [0.4, 0.5) is 0 Å². The van der Waals surface area contributed by atoms with Crippen molar-refractivity contribution >= 4 is 11.8 Å². The minimum atomic E-state index is -0.435. The quantitative estimate of drug-likeness (QED) is 0.591. The summed E-state index contributed by atoms with van der Waals surface area (Å²) in [5, 5.41) is 5.59. The number of hydrogen-bond acceptors (Lipinski definition) is 3. The van der Waals surface area contributed by atoms with Crippen molar-refractivity contribution in [3.8, 4) is 0 Å². The summed E-state index contributed by atoms with van der Waals surface area (Å²) in [7, 11) is 0. The Morgan fingerprint density at radius 2 is 1.87 bits per heavy atom. The lowest BCUT2D eigenvalue weighted by molar-refractivity contribution is -0.122. The van der Waals surface area contributed by atoms with Crippen molar-refractivity contribution in [2.24, 2.45) is 5.73 Å². The van der Waals surface area contributed by atoms with Crippen molar-refractivity contribution in [2.45, 2.75) is 45.7 Å². The van der Waals surface area contributed by atoms with Gasteiger partial charge in [-0.25, -0.2) is 0 Å². The molecule has 0 radical (unpaired) electrons. The molecule has 0 aromatic rings. The molecule has 0 aromatic carbocycles. The van der Waals surface area contributed by atoms with Crippen LogP contribution >= 0.6 is 0 Å². The highest BCUT2D eigenvalue weighted by Crippen LogP contribution is 1.97. The van der Waals surface area contributed by atoms with Crippen molar-refractivity contribution in [1.82, 2.24) is 10.6 Å². The molecule has 15 heavy (non-hydrogen) atoms. The Balaban J connectivity index is 3.94. The zero-order chi connectivity index (χ0) is 12.1. The predicted octanol–water partition coefficient (Wildman–Crippen LogP) is -0.245. The summed E-state index contributed by atoms with van der Waals surface area (Å²) in [6, 6.07) is -0.435. The molecule has 0 bridgehead atoms. The monoisotopic (exact) mass is 215 g/mol. The second-order valence-corrected chi connectivity index (χ2v) is 4.54. The van der Waals surface area contributed by atoms with Crippen molar-refractivity contribution in [1.29, 1.82) is 0 Å². The Morgan fingerprint density at radius 3 is 2.20 bits per heavy atom. The molecule has 0 aliphatic carbocycles. The largest absolute Gasteiger partial charge is 0.368 e. The van der Waals surface area contributed by atoms with Gasteiger partial charge in [-0.1, -0.05) is 6.92 Å². The topological polar surface area (TPSA) is 84.2 Å². The van der Waals surface area contributed by atoms with Gasteiger partial charge < -0.3 is 11.1 Å². The molecule has 0 saturated carbocycles. The maximum atomic E-state index is 11.4. The molecule has 5 heteroatoms. The van der Waals surface area contributed by atoms with E-state index >= 15 is 0 Å². The Bertz CT molecular complexity index is 233. The van der Waals surface area contributed by atoms with E-state index in [4.69, 9.17) is 5.73 Å². The smallest absolute Gasteiger partial charge is 0.234 e. The number of hydrogen-bond donors (Lipinski definition) is 3. The van der Waals surface area contributed by atoms with Gasteiger partial charge in [-0.15, -0.1) is 0 Å². The molecule has 0 aliphatic rings. The Kier molecular flexibility index (Phi) is 5.28. The minimum Gasteiger partial charge on any atom is -0.368 e. The average molecular weight is 215 g/mol. The molecular formula is C10H21N3O2. The van der Waals surface area contributed by atoms with Crippen LogP contribution in [0.5, 0.6) is 0 Å². The van der Waals surface area contributed by atoms with Crippen LogP contribution in [0, 0.1) is 0 Å². The highest BCUT2D eigenvalue weighted by molar-refractivity contribution is 5.82. The molecule has 0 spiro atoms.